The van der Waals surface area contributed by atoms with Crippen molar-refractivity contribution in [1.82, 2.24) is 5.32 Å². The van der Waals surface area contributed by atoms with E-state index in [9.17, 15) is 0 Å². The van der Waals surface area contributed by atoms with E-state index in [0.29, 0.717) is 25.7 Å². The Morgan fingerprint density at radius 3 is 2.42 bits per heavy atom. The Labute approximate surface area is 241 Å². The van der Waals surface area contributed by atoms with Crippen LogP contribution < -0.4 is 25.0 Å². The predicted molar refractivity (Wildman–Crippen MR) is 169 cm³/mol. The first-order chi connectivity index (χ1) is 19.6. The molecule has 1 heterocycles. The van der Waals surface area contributed by atoms with Crippen LogP contribution in [0.3, 0.4) is 0 Å². The zero-order valence-electron chi connectivity index (χ0n) is 23.6. The van der Waals surface area contributed by atoms with Gasteiger partial charge in [0.05, 0.1) is 25.4 Å². The minimum atomic E-state index is 0.146. The lowest BCUT2D eigenvalue weighted by atomic mass is 10.0. The number of nitrogens with one attached hydrogen (secondary N) is 1. The summed E-state index contributed by atoms with van der Waals surface area (Å²) in [4.78, 5) is 2.44. The normalized spacial score (nSPS) is 16.3. The second-order valence-corrected chi connectivity index (χ2v) is 11.4. The van der Waals surface area contributed by atoms with E-state index < -0.39 is 0 Å². The lowest BCUT2D eigenvalue weighted by Gasteiger charge is -2.37. The molecule has 0 amide bonds. The number of piperazine rings is 1. The van der Waals surface area contributed by atoms with Crippen molar-refractivity contribution in [2.45, 2.75) is 39.0 Å². The largest absolute Gasteiger partial charge is 0.493 e. The molecule has 5 rings (SSSR count). The summed E-state index contributed by atoms with van der Waals surface area (Å²) < 4.78 is 18.7. The molecule has 1 aliphatic rings. The van der Waals surface area contributed by atoms with Crippen LogP contribution in [0.4, 0.5) is 5.69 Å². The van der Waals surface area contributed by atoms with Gasteiger partial charge in [-0.2, -0.15) is 0 Å². The van der Waals surface area contributed by atoms with Crippen LogP contribution in [0, 0.1) is 5.92 Å². The van der Waals surface area contributed by atoms with E-state index in [2.05, 4.69) is 118 Å². The van der Waals surface area contributed by atoms with Crippen molar-refractivity contribution >= 4 is 31.0 Å². The summed E-state index contributed by atoms with van der Waals surface area (Å²) in [7, 11) is 2.79. The summed E-state index contributed by atoms with van der Waals surface area (Å²) >= 11 is 0. The van der Waals surface area contributed by atoms with Gasteiger partial charge >= 0.3 is 0 Å². The molecule has 0 aromatic heterocycles. The highest BCUT2D eigenvalue weighted by Crippen LogP contribution is 2.25. The maximum Gasteiger partial charge on any atom is 0.120 e. The van der Waals surface area contributed by atoms with Gasteiger partial charge in [-0.25, -0.2) is 0 Å². The summed E-state index contributed by atoms with van der Waals surface area (Å²) in [6.07, 6.45) is 0.998. The molecule has 1 saturated heterocycles. The Balaban J connectivity index is 1.12. The van der Waals surface area contributed by atoms with Crippen molar-refractivity contribution in [1.29, 1.82) is 0 Å². The molecule has 1 N–H and O–H groups in total. The van der Waals surface area contributed by atoms with Gasteiger partial charge in [-0.15, -0.1) is 9.24 Å². The first-order valence-electron chi connectivity index (χ1n) is 14.3. The Bertz CT molecular complexity index is 1360. The topological polar surface area (TPSA) is 43.0 Å². The minimum Gasteiger partial charge on any atom is -0.493 e. The van der Waals surface area contributed by atoms with E-state index in [-0.39, 0.29) is 12.1 Å². The molecule has 0 spiro atoms. The number of ether oxygens (including phenoxy) is 3. The van der Waals surface area contributed by atoms with Gasteiger partial charge in [0.25, 0.3) is 0 Å². The van der Waals surface area contributed by atoms with Gasteiger partial charge in [-0.1, -0.05) is 68.4 Å². The van der Waals surface area contributed by atoms with E-state index in [4.69, 9.17) is 14.2 Å². The van der Waals surface area contributed by atoms with E-state index in [0.717, 1.165) is 37.6 Å². The Morgan fingerprint density at radius 1 is 0.875 bits per heavy atom. The van der Waals surface area contributed by atoms with E-state index in [1.807, 2.05) is 6.07 Å². The summed E-state index contributed by atoms with van der Waals surface area (Å²) in [5, 5.41) is 7.14. The van der Waals surface area contributed by atoms with Crippen LogP contribution in [-0.4, -0.2) is 45.0 Å². The van der Waals surface area contributed by atoms with Gasteiger partial charge in [0.2, 0.25) is 0 Å². The maximum absolute atomic E-state index is 6.28. The van der Waals surface area contributed by atoms with Gasteiger partial charge in [0.15, 0.2) is 0 Å². The van der Waals surface area contributed by atoms with Crippen molar-refractivity contribution < 1.29 is 14.2 Å². The molecule has 1 aliphatic heterocycles. The molecule has 1 fully saturated rings. The number of fused-ring (bicyclic) bond motifs is 1. The van der Waals surface area contributed by atoms with Crippen LogP contribution in [0.2, 0.25) is 0 Å². The van der Waals surface area contributed by atoms with Crippen molar-refractivity contribution in [3.8, 4) is 11.5 Å². The molecule has 4 aromatic rings. The molecular formula is C34H41N2O3P. The number of rotatable bonds is 12. The molecule has 3 atom stereocenters. The van der Waals surface area contributed by atoms with Crippen LogP contribution in [0.1, 0.15) is 25.8 Å². The number of benzene rings is 4. The zero-order valence-corrected chi connectivity index (χ0v) is 24.7. The standard InChI is InChI=1S/C34H41N2O3P/c1-25(2)33(39-23-28-9-5-6-10-34(28)40)17-20-37-31-15-12-29(13-16-31)36-19-18-35-22-30(36)24-38-32-14-11-26-7-3-4-8-27(26)21-32/h3-16,21,25,30,33,35H,17-20,22-24,40H2,1-2H3/t30-,33?/m1/s1. The number of anilines is 1. The molecular weight excluding hydrogens is 515 g/mol. The lowest BCUT2D eigenvalue weighted by Crippen LogP contribution is -2.54. The highest BCUT2D eigenvalue weighted by molar-refractivity contribution is 7.27. The lowest BCUT2D eigenvalue weighted by molar-refractivity contribution is -0.00181. The van der Waals surface area contributed by atoms with Gasteiger partial charge in [-0.3, -0.25) is 0 Å². The Morgan fingerprint density at radius 2 is 1.62 bits per heavy atom. The SMILES string of the molecule is CC(C)C(CCOc1ccc(N2CCNC[C@@H]2COc2ccc3ccccc3c2)cc1)OCc1ccccc1P. The van der Waals surface area contributed by atoms with Crippen molar-refractivity contribution in [2.24, 2.45) is 5.92 Å². The average molecular weight is 557 g/mol. The van der Waals surface area contributed by atoms with Crippen molar-refractivity contribution in [2.75, 3.05) is 37.7 Å². The fraction of sp³-hybridized carbons (Fsp3) is 0.353. The first kappa shape index (κ1) is 28.4. The molecule has 40 heavy (non-hydrogen) atoms. The molecule has 210 valence electrons. The Kier molecular flexibility index (Phi) is 9.94. The number of hydrogen-bond acceptors (Lipinski definition) is 5. The molecule has 0 radical (unpaired) electrons. The summed E-state index contributed by atoms with van der Waals surface area (Å²) in [6.45, 7) is 9.08. The number of hydrogen-bond donors (Lipinski definition) is 1. The van der Waals surface area contributed by atoms with E-state index in [1.165, 1.54) is 27.3 Å². The van der Waals surface area contributed by atoms with Crippen LogP contribution >= 0.6 is 9.24 Å². The van der Waals surface area contributed by atoms with Crippen molar-refractivity contribution in [3.63, 3.8) is 0 Å². The van der Waals surface area contributed by atoms with Gasteiger partial charge < -0.3 is 24.4 Å². The average Bonchev–Trinajstić information content (AvgIpc) is 2.99. The van der Waals surface area contributed by atoms with Gasteiger partial charge in [-0.05, 0) is 64.0 Å². The van der Waals surface area contributed by atoms with Crippen LogP contribution in [-0.2, 0) is 11.3 Å². The summed E-state index contributed by atoms with van der Waals surface area (Å²) in [5.41, 5.74) is 2.41. The molecule has 0 bridgehead atoms. The minimum absolute atomic E-state index is 0.146. The third-order valence-corrected chi connectivity index (χ3v) is 8.17. The summed E-state index contributed by atoms with van der Waals surface area (Å²) in [6, 6.07) is 31.8. The Hall–Kier alpha value is -3.11. The molecule has 0 saturated carbocycles. The van der Waals surface area contributed by atoms with E-state index in [1.54, 1.807) is 0 Å². The van der Waals surface area contributed by atoms with Gasteiger partial charge in [0.1, 0.15) is 18.1 Å². The molecule has 0 aliphatic carbocycles. The zero-order chi connectivity index (χ0) is 27.7. The molecule has 5 nitrogen and oxygen atoms in total. The van der Waals surface area contributed by atoms with E-state index >= 15 is 0 Å². The fourth-order valence-electron chi connectivity index (χ4n) is 5.20. The molecule has 6 heteroatoms. The van der Waals surface area contributed by atoms with Crippen LogP contribution in [0.5, 0.6) is 11.5 Å². The fourth-order valence-corrected chi connectivity index (χ4v) is 5.49. The highest BCUT2D eigenvalue weighted by atomic mass is 31.0. The highest BCUT2D eigenvalue weighted by Gasteiger charge is 2.23. The van der Waals surface area contributed by atoms with Crippen LogP contribution in [0.25, 0.3) is 10.8 Å². The van der Waals surface area contributed by atoms with Crippen LogP contribution in [0.15, 0.2) is 91.0 Å². The quantitative estimate of drug-likeness (QED) is 0.210. The smallest absolute Gasteiger partial charge is 0.120 e. The second-order valence-electron chi connectivity index (χ2n) is 10.8. The second kappa shape index (κ2) is 14.0. The molecule has 4 aromatic carbocycles. The number of nitrogens with zero attached hydrogens (tertiary/aromatic N) is 1. The monoisotopic (exact) mass is 556 g/mol. The first-order valence-corrected chi connectivity index (χ1v) is 14.9. The third-order valence-electron chi connectivity index (χ3n) is 7.60. The predicted octanol–water partition coefficient (Wildman–Crippen LogP) is 6.21. The van der Waals surface area contributed by atoms with Gasteiger partial charge in [0, 0.05) is 31.7 Å². The summed E-state index contributed by atoms with van der Waals surface area (Å²) in [5.74, 6) is 2.22. The maximum atomic E-state index is 6.28. The third kappa shape index (κ3) is 7.54. The molecule has 2 unspecified atom stereocenters. The van der Waals surface area contributed by atoms with Crippen molar-refractivity contribution in [3.05, 3.63) is 96.6 Å².